The van der Waals surface area contributed by atoms with E-state index < -0.39 is 0 Å². The molecular formula is C24H22FN5O2. The summed E-state index contributed by atoms with van der Waals surface area (Å²) in [7, 11) is 0. The van der Waals surface area contributed by atoms with Crippen molar-refractivity contribution >= 4 is 17.1 Å². The van der Waals surface area contributed by atoms with Gasteiger partial charge in [-0.15, -0.1) is 0 Å². The van der Waals surface area contributed by atoms with Crippen LogP contribution in [0.2, 0.25) is 0 Å². The molecule has 5 rings (SSSR count). The molecule has 0 saturated carbocycles. The summed E-state index contributed by atoms with van der Waals surface area (Å²) in [6.45, 7) is 1.27. The summed E-state index contributed by atoms with van der Waals surface area (Å²) in [5.74, 6) is -0.479. The van der Waals surface area contributed by atoms with E-state index in [0.717, 1.165) is 12.8 Å². The van der Waals surface area contributed by atoms with Crippen LogP contribution in [0.1, 0.15) is 34.9 Å². The predicted octanol–water partition coefficient (Wildman–Crippen LogP) is 3.26. The largest absolute Gasteiger partial charge is 0.335 e. The van der Waals surface area contributed by atoms with E-state index in [1.54, 1.807) is 62.8 Å². The molecule has 4 heterocycles. The third-order valence-electron chi connectivity index (χ3n) is 5.88. The summed E-state index contributed by atoms with van der Waals surface area (Å²) < 4.78 is 17.0. The smallest absolute Gasteiger partial charge is 0.330 e. The van der Waals surface area contributed by atoms with Gasteiger partial charge in [0.05, 0.1) is 18.1 Å². The highest BCUT2D eigenvalue weighted by Gasteiger charge is 2.29. The molecule has 1 fully saturated rings. The lowest BCUT2D eigenvalue weighted by Gasteiger charge is -2.33. The maximum atomic E-state index is 13.7. The van der Waals surface area contributed by atoms with Crippen LogP contribution >= 0.6 is 0 Å². The molecule has 0 unspecified atom stereocenters. The maximum Gasteiger partial charge on any atom is 0.330 e. The van der Waals surface area contributed by atoms with Gasteiger partial charge in [-0.2, -0.15) is 0 Å². The molecule has 162 valence electrons. The van der Waals surface area contributed by atoms with Crippen molar-refractivity contribution < 1.29 is 9.18 Å². The molecule has 1 amide bonds. The Morgan fingerprint density at radius 3 is 2.75 bits per heavy atom. The van der Waals surface area contributed by atoms with Crippen molar-refractivity contribution in [1.82, 2.24) is 24.0 Å². The van der Waals surface area contributed by atoms with Gasteiger partial charge >= 0.3 is 5.69 Å². The number of benzene rings is 1. The normalized spacial score (nSPS) is 16.4. The van der Waals surface area contributed by atoms with E-state index in [1.165, 1.54) is 12.1 Å². The Hall–Kier alpha value is -3.81. The Morgan fingerprint density at radius 1 is 1.06 bits per heavy atom. The number of hydrogen-bond acceptors (Lipinski definition) is 4. The first-order valence-electron chi connectivity index (χ1n) is 10.6. The highest BCUT2D eigenvalue weighted by Crippen LogP contribution is 2.25. The van der Waals surface area contributed by atoms with Crippen LogP contribution < -0.4 is 5.69 Å². The van der Waals surface area contributed by atoms with Crippen molar-refractivity contribution in [2.24, 2.45) is 0 Å². The molecular weight excluding hydrogens is 409 g/mol. The fraction of sp³-hybridized carbons (Fsp3) is 0.250. The van der Waals surface area contributed by atoms with E-state index in [9.17, 15) is 14.0 Å². The minimum absolute atomic E-state index is 0.139. The predicted molar refractivity (Wildman–Crippen MR) is 118 cm³/mol. The number of pyridine rings is 2. The zero-order valence-electron chi connectivity index (χ0n) is 17.4. The number of likely N-dealkylation sites (tertiary alicyclic amines) is 1. The van der Waals surface area contributed by atoms with Crippen molar-refractivity contribution in [2.45, 2.75) is 25.4 Å². The number of hydrogen-bond donors (Lipinski definition) is 0. The SMILES string of the molecule is O=C(c1ccccn1)N1CCC[C@H](n2c(=O)n(Cc3cccc(F)c3)c3cccnc32)C1. The second-order valence-electron chi connectivity index (χ2n) is 7.98. The summed E-state index contributed by atoms with van der Waals surface area (Å²) >= 11 is 0. The zero-order valence-corrected chi connectivity index (χ0v) is 17.4. The van der Waals surface area contributed by atoms with Crippen molar-refractivity contribution in [3.05, 3.63) is 94.5 Å². The molecule has 32 heavy (non-hydrogen) atoms. The number of halogens is 1. The van der Waals surface area contributed by atoms with Gasteiger partial charge in [-0.25, -0.2) is 14.2 Å². The quantitative estimate of drug-likeness (QED) is 0.497. The highest BCUT2D eigenvalue weighted by molar-refractivity contribution is 5.92. The van der Waals surface area contributed by atoms with Crippen molar-refractivity contribution in [3.8, 4) is 0 Å². The zero-order chi connectivity index (χ0) is 22.1. The molecule has 0 spiro atoms. The van der Waals surface area contributed by atoms with Crippen molar-refractivity contribution in [1.29, 1.82) is 0 Å². The molecule has 1 saturated heterocycles. The van der Waals surface area contributed by atoms with Crippen molar-refractivity contribution in [2.75, 3.05) is 13.1 Å². The number of amides is 1. The van der Waals surface area contributed by atoms with Crippen LogP contribution in [0.3, 0.4) is 0 Å². The van der Waals surface area contributed by atoms with Gasteiger partial charge in [0.2, 0.25) is 0 Å². The monoisotopic (exact) mass is 431 g/mol. The summed E-state index contributed by atoms with van der Waals surface area (Å²) in [6, 6.07) is 14.9. The Kier molecular flexibility index (Phi) is 5.26. The van der Waals surface area contributed by atoms with Crippen LogP contribution in [0.25, 0.3) is 11.2 Å². The minimum Gasteiger partial charge on any atom is -0.335 e. The molecule has 7 nitrogen and oxygen atoms in total. The first kappa shape index (κ1) is 20.1. The second-order valence-corrected chi connectivity index (χ2v) is 7.98. The van der Waals surface area contributed by atoms with Gasteiger partial charge in [0.1, 0.15) is 11.5 Å². The van der Waals surface area contributed by atoms with Gasteiger partial charge in [0.15, 0.2) is 5.65 Å². The fourth-order valence-electron chi connectivity index (χ4n) is 4.41. The van der Waals surface area contributed by atoms with Gasteiger partial charge in [-0.05, 0) is 54.8 Å². The van der Waals surface area contributed by atoms with Gasteiger partial charge in [0.25, 0.3) is 5.91 Å². The Balaban J connectivity index is 1.51. The highest BCUT2D eigenvalue weighted by atomic mass is 19.1. The Morgan fingerprint density at radius 2 is 1.94 bits per heavy atom. The third-order valence-corrected chi connectivity index (χ3v) is 5.88. The van der Waals surface area contributed by atoms with Gasteiger partial charge < -0.3 is 4.90 Å². The molecule has 0 N–H and O–H groups in total. The van der Waals surface area contributed by atoms with Crippen LogP contribution in [-0.2, 0) is 6.54 Å². The van der Waals surface area contributed by atoms with E-state index in [2.05, 4.69) is 9.97 Å². The molecule has 1 aromatic carbocycles. The molecule has 1 aliphatic heterocycles. The van der Waals surface area contributed by atoms with E-state index in [1.807, 2.05) is 6.07 Å². The lowest BCUT2D eigenvalue weighted by atomic mass is 10.0. The van der Waals surface area contributed by atoms with Gasteiger partial charge in [-0.1, -0.05) is 18.2 Å². The topological polar surface area (TPSA) is 73.0 Å². The lowest BCUT2D eigenvalue weighted by Crippen LogP contribution is -2.43. The maximum absolute atomic E-state index is 13.7. The number of fused-ring (bicyclic) bond motifs is 1. The van der Waals surface area contributed by atoms with E-state index in [0.29, 0.717) is 35.5 Å². The van der Waals surface area contributed by atoms with Crippen LogP contribution in [-0.4, -0.2) is 43.0 Å². The fourth-order valence-corrected chi connectivity index (χ4v) is 4.41. The van der Waals surface area contributed by atoms with E-state index in [-0.39, 0.29) is 30.0 Å². The first-order valence-corrected chi connectivity index (χ1v) is 10.6. The molecule has 0 radical (unpaired) electrons. The van der Waals surface area contributed by atoms with Gasteiger partial charge in [0, 0.05) is 25.5 Å². The Bertz CT molecular complexity index is 1330. The summed E-state index contributed by atoms with van der Waals surface area (Å²) in [6.07, 6.45) is 4.80. The number of aromatic nitrogens is 4. The van der Waals surface area contributed by atoms with Crippen LogP contribution in [0, 0.1) is 5.82 Å². The average molecular weight is 431 g/mol. The van der Waals surface area contributed by atoms with E-state index in [4.69, 9.17) is 0 Å². The van der Waals surface area contributed by atoms with Crippen LogP contribution in [0.4, 0.5) is 4.39 Å². The average Bonchev–Trinajstić information content (AvgIpc) is 3.10. The number of carbonyl (C=O) groups is 1. The molecule has 1 atom stereocenters. The molecule has 0 aliphatic carbocycles. The number of piperidine rings is 1. The first-order chi connectivity index (χ1) is 15.6. The summed E-state index contributed by atoms with van der Waals surface area (Å²) in [4.78, 5) is 36.8. The molecule has 3 aromatic heterocycles. The Labute approximate surface area is 183 Å². The summed E-state index contributed by atoms with van der Waals surface area (Å²) in [5.41, 5.74) is 2.15. The minimum atomic E-state index is -0.339. The third kappa shape index (κ3) is 3.68. The molecule has 8 heteroatoms. The number of rotatable bonds is 4. The number of carbonyl (C=O) groups excluding carboxylic acids is 1. The van der Waals surface area contributed by atoms with Crippen LogP contribution in [0.5, 0.6) is 0 Å². The molecule has 4 aromatic rings. The summed E-state index contributed by atoms with van der Waals surface area (Å²) in [5, 5.41) is 0. The number of imidazole rings is 1. The lowest BCUT2D eigenvalue weighted by molar-refractivity contribution is 0.0673. The van der Waals surface area contributed by atoms with E-state index >= 15 is 0 Å². The standard InChI is InChI=1S/C24H22FN5O2/c25-18-7-3-6-17(14-18)15-29-21-10-4-12-27-22(21)30(24(29)32)19-8-5-13-28(16-19)23(31)20-9-1-2-11-26-20/h1-4,6-7,9-12,14,19H,5,8,13,15-16H2/t19-/m0/s1. The van der Waals surface area contributed by atoms with Crippen LogP contribution in [0.15, 0.2) is 71.8 Å². The second kappa shape index (κ2) is 8.37. The van der Waals surface area contributed by atoms with Gasteiger partial charge in [-0.3, -0.25) is 18.9 Å². The van der Waals surface area contributed by atoms with Crippen molar-refractivity contribution in [3.63, 3.8) is 0 Å². The molecule has 1 aliphatic rings. The number of nitrogens with zero attached hydrogens (tertiary/aromatic N) is 5. The molecule has 0 bridgehead atoms.